The summed E-state index contributed by atoms with van der Waals surface area (Å²) in [6.07, 6.45) is 6.71. The Hall–Kier alpha value is -1.16. The summed E-state index contributed by atoms with van der Waals surface area (Å²) in [5.41, 5.74) is 2.00. The van der Waals surface area contributed by atoms with Crippen molar-refractivity contribution in [2.24, 2.45) is 5.92 Å². The van der Waals surface area contributed by atoms with Gasteiger partial charge in [0, 0.05) is 17.9 Å². The lowest BCUT2D eigenvalue weighted by molar-refractivity contribution is 0.0648. The van der Waals surface area contributed by atoms with E-state index >= 15 is 0 Å². The first kappa shape index (κ1) is 14.3. The summed E-state index contributed by atoms with van der Waals surface area (Å²) in [5, 5.41) is 13.2. The summed E-state index contributed by atoms with van der Waals surface area (Å²) < 4.78 is 0. The number of hydrogen-bond donors (Lipinski definition) is 2. The van der Waals surface area contributed by atoms with Gasteiger partial charge in [-0.15, -0.1) is 0 Å². The van der Waals surface area contributed by atoms with Crippen LogP contribution in [0.4, 0.5) is 5.95 Å². The molecule has 0 saturated heterocycles. The van der Waals surface area contributed by atoms with Gasteiger partial charge in [0.25, 0.3) is 0 Å². The van der Waals surface area contributed by atoms with Crippen LogP contribution in [-0.2, 0) is 0 Å². The molecule has 2 atom stereocenters. The lowest BCUT2D eigenvalue weighted by atomic mass is 9.83. The quantitative estimate of drug-likeness (QED) is 0.802. The Morgan fingerprint density at radius 2 is 1.89 bits per heavy atom. The average Bonchev–Trinajstić information content (AvgIpc) is 2.35. The second-order valence-electron chi connectivity index (χ2n) is 5.66. The molecule has 0 aromatic carbocycles. The number of nitrogens with one attached hydrogen (secondary N) is 1. The van der Waals surface area contributed by atoms with E-state index in [1.807, 2.05) is 19.9 Å². The smallest absolute Gasteiger partial charge is 0.223 e. The van der Waals surface area contributed by atoms with Gasteiger partial charge in [-0.1, -0.05) is 12.8 Å². The van der Waals surface area contributed by atoms with Crippen LogP contribution in [0.2, 0.25) is 0 Å². The van der Waals surface area contributed by atoms with Crippen LogP contribution in [0.25, 0.3) is 0 Å². The van der Waals surface area contributed by atoms with E-state index < -0.39 is 0 Å². The van der Waals surface area contributed by atoms with Gasteiger partial charge >= 0.3 is 0 Å². The first-order valence-electron chi connectivity index (χ1n) is 7.39. The molecular formula is C15H25N3O. The molecule has 4 heteroatoms. The zero-order valence-electron chi connectivity index (χ0n) is 12.0. The van der Waals surface area contributed by atoms with Crippen molar-refractivity contribution in [1.29, 1.82) is 0 Å². The number of nitrogens with zero attached hydrogens (tertiary/aromatic N) is 2. The Kier molecular flexibility index (Phi) is 5.14. The van der Waals surface area contributed by atoms with Gasteiger partial charge in [0.15, 0.2) is 0 Å². The minimum absolute atomic E-state index is 0.0776. The Bertz CT molecular complexity index is 388. The molecule has 0 aliphatic heterocycles. The van der Waals surface area contributed by atoms with E-state index in [2.05, 4.69) is 15.3 Å². The molecule has 1 aliphatic rings. The third-order valence-corrected chi connectivity index (χ3v) is 3.89. The van der Waals surface area contributed by atoms with Gasteiger partial charge in [0.2, 0.25) is 5.95 Å². The first-order valence-corrected chi connectivity index (χ1v) is 7.39. The fourth-order valence-electron chi connectivity index (χ4n) is 2.89. The van der Waals surface area contributed by atoms with Gasteiger partial charge in [0.1, 0.15) is 0 Å². The lowest BCUT2D eigenvalue weighted by Gasteiger charge is -2.27. The normalized spacial score (nSPS) is 23.3. The van der Waals surface area contributed by atoms with Crippen molar-refractivity contribution < 1.29 is 5.11 Å². The zero-order chi connectivity index (χ0) is 13.7. The molecule has 0 spiro atoms. The zero-order valence-corrected chi connectivity index (χ0v) is 12.0. The molecule has 1 saturated carbocycles. The summed E-state index contributed by atoms with van der Waals surface area (Å²) in [5.74, 6) is 1.22. The highest BCUT2D eigenvalue weighted by molar-refractivity contribution is 5.27. The van der Waals surface area contributed by atoms with Crippen LogP contribution >= 0.6 is 0 Å². The van der Waals surface area contributed by atoms with E-state index in [9.17, 15) is 5.11 Å². The summed E-state index contributed by atoms with van der Waals surface area (Å²) in [7, 11) is 0. The van der Waals surface area contributed by atoms with Gasteiger partial charge in [0.05, 0.1) is 6.10 Å². The molecule has 0 bridgehead atoms. The molecule has 2 N–H and O–H groups in total. The molecule has 106 valence electrons. The highest BCUT2D eigenvalue weighted by Gasteiger charge is 2.22. The maximum Gasteiger partial charge on any atom is 0.223 e. The van der Waals surface area contributed by atoms with Crippen molar-refractivity contribution >= 4 is 5.95 Å². The molecule has 2 rings (SSSR count). The Labute approximate surface area is 115 Å². The van der Waals surface area contributed by atoms with Crippen LogP contribution in [-0.4, -0.2) is 27.7 Å². The number of aliphatic hydroxyl groups excluding tert-OH is 1. The van der Waals surface area contributed by atoms with E-state index in [1.54, 1.807) is 0 Å². The number of aryl methyl sites for hydroxylation is 2. The number of aliphatic hydroxyl groups is 1. The maximum absolute atomic E-state index is 9.91. The Morgan fingerprint density at radius 3 is 2.58 bits per heavy atom. The molecule has 19 heavy (non-hydrogen) atoms. The molecule has 1 fully saturated rings. The summed E-state index contributed by atoms with van der Waals surface area (Å²) in [4.78, 5) is 8.72. The molecule has 1 aliphatic carbocycles. The van der Waals surface area contributed by atoms with Crippen molar-refractivity contribution in [2.45, 2.75) is 58.5 Å². The predicted molar refractivity (Wildman–Crippen MR) is 77.2 cm³/mol. The van der Waals surface area contributed by atoms with Crippen LogP contribution in [0.1, 0.15) is 49.9 Å². The average molecular weight is 263 g/mol. The van der Waals surface area contributed by atoms with Crippen LogP contribution in [0, 0.1) is 19.8 Å². The molecule has 1 aromatic rings. The second-order valence-corrected chi connectivity index (χ2v) is 5.66. The van der Waals surface area contributed by atoms with Gasteiger partial charge in [-0.25, -0.2) is 9.97 Å². The number of rotatable bonds is 5. The first-order chi connectivity index (χ1) is 9.15. The minimum Gasteiger partial charge on any atom is -0.393 e. The predicted octanol–water partition coefficient (Wildman–Crippen LogP) is 2.84. The molecule has 2 unspecified atom stereocenters. The minimum atomic E-state index is -0.0776. The van der Waals surface area contributed by atoms with E-state index in [4.69, 9.17) is 0 Å². The van der Waals surface area contributed by atoms with Crippen molar-refractivity contribution in [3.05, 3.63) is 17.5 Å². The Morgan fingerprint density at radius 1 is 1.21 bits per heavy atom. The molecule has 0 radical (unpaired) electrons. The van der Waals surface area contributed by atoms with Crippen LogP contribution in [0.5, 0.6) is 0 Å². The number of hydrogen-bond acceptors (Lipinski definition) is 4. The van der Waals surface area contributed by atoms with E-state index in [0.717, 1.165) is 43.1 Å². The SMILES string of the molecule is Cc1cc(C)nc(NCCCC2CCCCC2O)n1. The number of aromatic nitrogens is 2. The summed E-state index contributed by atoms with van der Waals surface area (Å²) in [6.45, 7) is 4.85. The van der Waals surface area contributed by atoms with E-state index in [-0.39, 0.29) is 6.10 Å². The van der Waals surface area contributed by atoms with Gasteiger partial charge < -0.3 is 10.4 Å². The standard InChI is InChI=1S/C15H25N3O/c1-11-10-12(2)18-15(17-11)16-9-5-7-13-6-3-4-8-14(13)19/h10,13-14,19H,3-9H2,1-2H3,(H,16,17,18). The third kappa shape index (κ3) is 4.46. The fourth-order valence-corrected chi connectivity index (χ4v) is 2.89. The largest absolute Gasteiger partial charge is 0.393 e. The van der Waals surface area contributed by atoms with Crippen LogP contribution < -0.4 is 5.32 Å². The van der Waals surface area contributed by atoms with Gasteiger partial charge in [-0.3, -0.25) is 0 Å². The molecule has 4 nitrogen and oxygen atoms in total. The fraction of sp³-hybridized carbons (Fsp3) is 0.733. The van der Waals surface area contributed by atoms with Crippen molar-refractivity contribution in [1.82, 2.24) is 9.97 Å². The maximum atomic E-state index is 9.91. The molecule has 1 heterocycles. The summed E-state index contributed by atoms with van der Waals surface area (Å²) in [6, 6.07) is 1.98. The second kappa shape index (κ2) is 6.85. The van der Waals surface area contributed by atoms with Gasteiger partial charge in [-0.05, 0) is 51.5 Å². The van der Waals surface area contributed by atoms with Crippen LogP contribution in [0.15, 0.2) is 6.07 Å². The van der Waals surface area contributed by atoms with E-state index in [1.165, 1.54) is 19.3 Å². The monoisotopic (exact) mass is 263 g/mol. The van der Waals surface area contributed by atoms with Crippen LogP contribution in [0.3, 0.4) is 0 Å². The van der Waals surface area contributed by atoms with Crippen molar-refractivity contribution in [2.75, 3.05) is 11.9 Å². The van der Waals surface area contributed by atoms with E-state index in [0.29, 0.717) is 5.92 Å². The topological polar surface area (TPSA) is 58.0 Å². The highest BCUT2D eigenvalue weighted by Crippen LogP contribution is 2.27. The van der Waals surface area contributed by atoms with Gasteiger partial charge in [-0.2, -0.15) is 0 Å². The molecular weight excluding hydrogens is 238 g/mol. The van der Waals surface area contributed by atoms with Crippen molar-refractivity contribution in [3.8, 4) is 0 Å². The third-order valence-electron chi connectivity index (χ3n) is 3.89. The number of anilines is 1. The lowest BCUT2D eigenvalue weighted by Crippen LogP contribution is -2.24. The van der Waals surface area contributed by atoms with Crippen molar-refractivity contribution in [3.63, 3.8) is 0 Å². The Balaban J connectivity index is 1.71. The summed E-state index contributed by atoms with van der Waals surface area (Å²) >= 11 is 0. The highest BCUT2D eigenvalue weighted by atomic mass is 16.3. The molecule has 1 aromatic heterocycles. The molecule has 0 amide bonds.